The number of nitrogens with one attached hydrogen (secondary N) is 2. The van der Waals surface area contributed by atoms with Gasteiger partial charge in [-0.25, -0.2) is 9.78 Å². The minimum atomic E-state index is -0.524. The molecule has 2 heterocycles. The van der Waals surface area contributed by atoms with Crippen molar-refractivity contribution in [1.29, 1.82) is 0 Å². The molecule has 134 valence electrons. The lowest BCUT2D eigenvalue weighted by Crippen LogP contribution is -2.31. The van der Waals surface area contributed by atoms with E-state index in [0.717, 1.165) is 10.8 Å². The molecule has 3 aromatic rings. The Hall–Kier alpha value is -2.87. The van der Waals surface area contributed by atoms with Gasteiger partial charge in [-0.05, 0) is 30.0 Å². The standard InChI is InChI=1S/C18H18N4O3S/c1-2-26-16-8-7-12(11-19-16)20-15(23)9-10-22-14-6-4-3-5-13(14)17(24)21-18(22)25/h3-8,11H,2,9-10H2,1H3,(H,20,23)(H,21,24,25). The van der Waals surface area contributed by atoms with Crippen molar-refractivity contribution in [2.24, 2.45) is 0 Å². The molecule has 1 aromatic carbocycles. The summed E-state index contributed by atoms with van der Waals surface area (Å²) in [4.78, 5) is 42.7. The van der Waals surface area contributed by atoms with Crippen LogP contribution in [0.1, 0.15) is 13.3 Å². The van der Waals surface area contributed by atoms with Crippen molar-refractivity contribution in [3.8, 4) is 0 Å². The first-order valence-electron chi connectivity index (χ1n) is 8.19. The quantitative estimate of drug-likeness (QED) is 0.649. The molecule has 0 bridgehead atoms. The van der Waals surface area contributed by atoms with Crippen LogP contribution in [-0.4, -0.2) is 26.2 Å². The zero-order valence-corrected chi connectivity index (χ0v) is 15.0. The monoisotopic (exact) mass is 370 g/mol. The number of H-pyrrole nitrogens is 1. The molecule has 0 spiro atoms. The van der Waals surface area contributed by atoms with Crippen LogP contribution in [0.25, 0.3) is 10.9 Å². The molecule has 0 radical (unpaired) electrons. The third-order valence-electron chi connectivity index (χ3n) is 3.78. The second kappa shape index (κ2) is 8.01. The molecule has 8 heteroatoms. The van der Waals surface area contributed by atoms with Crippen molar-refractivity contribution in [2.75, 3.05) is 11.1 Å². The van der Waals surface area contributed by atoms with Gasteiger partial charge in [0.1, 0.15) is 0 Å². The van der Waals surface area contributed by atoms with Crippen molar-refractivity contribution in [3.63, 3.8) is 0 Å². The summed E-state index contributed by atoms with van der Waals surface area (Å²) < 4.78 is 1.40. The normalized spacial score (nSPS) is 10.8. The average Bonchev–Trinajstić information content (AvgIpc) is 2.63. The van der Waals surface area contributed by atoms with Crippen LogP contribution < -0.4 is 16.6 Å². The second-order valence-corrected chi connectivity index (χ2v) is 6.83. The maximum absolute atomic E-state index is 12.2. The predicted octanol–water partition coefficient (Wildman–Crippen LogP) is 2.23. The number of hydrogen-bond donors (Lipinski definition) is 2. The molecule has 0 saturated heterocycles. The lowest BCUT2D eigenvalue weighted by atomic mass is 10.2. The smallest absolute Gasteiger partial charge is 0.325 e. The Labute approximate surface area is 153 Å². The fourth-order valence-corrected chi connectivity index (χ4v) is 3.18. The summed E-state index contributed by atoms with van der Waals surface area (Å²) in [5.41, 5.74) is 0.164. The summed E-state index contributed by atoms with van der Waals surface area (Å²) in [5.74, 6) is 0.700. The van der Waals surface area contributed by atoms with Crippen LogP contribution in [0.5, 0.6) is 0 Å². The molecular weight excluding hydrogens is 352 g/mol. The van der Waals surface area contributed by atoms with Crippen LogP contribution in [-0.2, 0) is 11.3 Å². The number of rotatable bonds is 6. The van der Waals surface area contributed by atoms with Crippen molar-refractivity contribution >= 4 is 34.3 Å². The van der Waals surface area contributed by atoms with Crippen LogP contribution in [0.15, 0.2) is 57.2 Å². The van der Waals surface area contributed by atoms with Crippen LogP contribution in [0.4, 0.5) is 5.69 Å². The molecule has 0 aliphatic carbocycles. The van der Waals surface area contributed by atoms with Gasteiger partial charge in [-0.2, -0.15) is 0 Å². The Morgan fingerprint density at radius 1 is 1.23 bits per heavy atom. The summed E-state index contributed by atoms with van der Waals surface area (Å²) >= 11 is 1.62. The highest BCUT2D eigenvalue weighted by Crippen LogP contribution is 2.16. The number of amides is 1. The van der Waals surface area contributed by atoms with Gasteiger partial charge in [0.2, 0.25) is 5.91 Å². The number of carbonyl (C=O) groups excluding carboxylic acids is 1. The largest absolute Gasteiger partial charge is 0.328 e. The van der Waals surface area contributed by atoms with Crippen molar-refractivity contribution < 1.29 is 4.79 Å². The van der Waals surface area contributed by atoms with Gasteiger partial charge in [0.05, 0.1) is 27.8 Å². The van der Waals surface area contributed by atoms with Crippen molar-refractivity contribution in [3.05, 3.63) is 63.4 Å². The third-order valence-corrected chi connectivity index (χ3v) is 4.61. The maximum Gasteiger partial charge on any atom is 0.328 e. The highest BCUT2D eigenvalue weighted by molar-refractivity contribution is 7.99. The molecule has 0 saturated carbocycles. The SMILES string of the molecule is CCSc1ccc(NC(=O)CCn2c(=O)[nH]c(=O)c3ccccc32)cn1. The average molecular weight is 370 g/mol. The van der Waals surface area contributed by atoms with E-state index in [2.05, 4.69) is 15.3 Å². The Morgan fingerprint density at radius 3 is 2.77 bits per heavy atom. The number of hydrogen-bond acceptors (Lipinski definition) is 5. The van der Waals surface area contributed by atoms with Gasteiger partial charge >= 0.3 is 5.69 Å². The fourth-order valence-electron chi connectivity index (χ4n) is 2.59. The first-order chi connectivity index (χ1) is 12.6. The van der Waals surface area contributed by atoms with Gasteiger partial charge in [-0.15, -0.1) is 11.8 Å². The van der Waals surface area contributed by atoms with E-state index in [0.29, 0.717) is 16.6 Å². The number of pyridine rings is 1. The van der Waals surface area contributed by atoms with E-state index >= 15 is 0 Å². The molecular formula is C18H18N4O3S. The topological polar surface area (TPSA) is 96.9 Å². The molecule has 0 fully saturated rings. The number of thioether (sulfide) groups is 1. The Morgan fingerprint density at radius 2 is 2.04 bits per heavy atom. The van der Waals surface area contributed by atoms with Crippen molar-refractivity contribution in [2.45, 2.75) is 24.9 Å². The number of benzene rings is 1. The molecule has 0 aliphatic heterocycles. The van der Waals surface area contributed by atoms with E-state index in [4.69, 9.17) is 0 Å². The number of anilines is 1. The summed E-state index contributed by atoms with van der Waals surface area (Å²) in [6.07, 6.45) is 1.71. The lowest BCUT2D eigenvalue weighted by Gasteiger charge is -2.10. The van der Waals surface area contributed by atoms with Crippen LogP contribution in [0.3, 0.4) is 0 Å². The number of nitrogens with zero attached hydrogens (tertiary/aromatic N) is 2. The van der Waals surface area contributed by atoms with E-state index in [1.165, 1.54) is 4.57 Å². The summed E-state index contributed by atoms with van der Waals surface area (Å²) in [7, 11) is 0. The van der Waals surface area contributed by atoms with Crippen LogP contribution >= 0.6 is 11.8 Å². The number of fused-ring (bicyclic) bond motifs is 1. The zero-order valence-electron chi connectivity index (χ0n) is 14.2. The van der Waals surface area contributed by atoms with E-state index < -0.39 is 11.2 Å². The van der Waals surface area contributed by atoms with Gasteiger partial charge < -0.3 is 5.32 Å². The summed E-state index contributed by atoms with van der Waals surface area (Å²) in [5, 5.41) is 4.08. The lowest BCUT2D eigenvalue weighted by molar-refractivity contribution is -0.116. The van der Waals surface area contributed by atoms with E-state index in [-0.39, 0.29) is 18.9 Å². The minimum Gasteiger partial charge on any atom is -0.325 e. The number of aromatic amines is 1. The van der Waals surface area contributed by atoms with E-state index in [1.54, 1.807) is 48.3 Å². The number of carbonyl (C=O) groups is 1. The van der Waals surface area contributed by atoms with Crippen molar-refractivity contribution in [1.82, 2.24) is 14.5 Å². The molecule has 2 aromatic heterocycles. The summed E-state index contributed by atoms with van der Waals surface area (Å²) in [6.45, 7) is 2.21. The number of aromatic nitrogens is 3. The van der Waals surface area contributed by atoms with E-state index in [1.807, 2.05) is 13.0 Å². The molecule has 0 aliphatic rings. The fraction of sp³-hybridized carbons (Fsp3) is 0.222. The molecule has 0 unspecified atom stereocenters. The Balaban J connectivity index is 1.71. The second-order valence-electron chi connectivity index (χ2n) is 5.54. The molecule has 7 nitrogen and oxygen atoms in total. The Bertz CT molecular complexity index is 1040. The summed E-state index contributed by atoms with van der Waals surface area (Å²) in [6, 6.07) is 10.5. The molecule has 26 heavy (non-hydrogen) atoms. The highest BCUT2D eigenvalue weighted by Gasteiger charge is 2.09. The molecule has 2 N–H and O–H groups in total. The van der Waals surface area contributed by atoms with Gasteiger partial charge in [-0.1, -0.05) is 19.1 Å². The number of aryl methyl sites for hydroxylation is 1. The predicted molar refractivity (Wildman–Crippen MR) is 103 cm³/mol. The van der Waals surface area contributed by atoms with Gasteiger partial charge in [0.25, 0.3) is 5.56 Å². The molecule has 1 amide bonds. The first kappa shape index (κ1) is 17.9. The highest BCUT2D eigenvalue weighted by atomic mass is 32.2. The van der Waals surface area contributed by atoms with Gasteiger partial charge in [0, 0.05) is 13.0 Å². The maximum atomic E-state index is 12.2. The first-order valence-corrected chi connectivity index (χ1v) is 9.17. The number of para-hydroxylation sites is 1. The van der Waals surface area contributed by atoms with Crippen LogP contribution in [0, 0.1) is 0 Å². The van der Waals surface area contributed by atoms with Gasteiger partial charge in [0.15, 0.2) is 0 Å². The molecule has 3 rings (SSSR count). The van der Waals surface area contributed by atoms with Gasteiger partial charge in [-0.3, -0.25) is 19.1 Å². The van der Waals surface area contributed by atoms with E-state index in [9.17, 15) is 14.4 Å². The zero-order chi connectivity index (χ0) is 18.5. The van der Waals surface area contributed by atoms with Crippen LogP contribution in [0.2, 0.25) is 0 Å². The Kier molecular flexibility index (Phi) is 5.52. The molecule has 0 atom stereocenters. The third kappa shape index (κ3) is 4.02. The minimum absolute atomic E-state index is 0.0986.